The number of hydrogen-bond donors (Lipinski definition) is 1. The molecule has 0 bridgehead atoms. The molecule has 0 saturated carbocycles. The van der Waals surface area contributed by atoms with E-state index in [9.17, 15) is 13.2 Å². The van der Waals surface area contributed by atoms with E-state index in [1.54, 1.807) is 39.2 Å². The first-order chi connectivity index (χ1) is 14.3. The maximum Gasteiger partial charge on any atom is 0.246 e. The fourth-order valence-electron chi connectivity index (χ4n) is 3.35. The number of benzene rings is 1. The zero-order valence-corrected chi connectivity index (χ0v) is 18.3. The Hall–Kier alpha value is -2.63. The Morgan fingerprint density at radius 3 is 2.53 bits per heavy atom. The molecule has 0 radical (unpaired) electrons. The van der Waals surface area contributed by atoms with E-state index < -0.39 is 10.0 Å². The molecular weight excluding hydrogens is 412 g/mol. The molecule has 3 rings (SSSR count). The van der Waals surface area contributed by atoms with Gasteiger partial charge in [0.05, 0.1) is 44.5 Å². The quantitative estimate of drug-likeness (QED) is 0.691. The maximum atomic E-state index is 13.1. The van der Waals surface area contributed by atoms with E-state index >= 15 is 0 Å². The van der Waals surface area contributed by atoms with Crippen LogP contribution in [-0.2, 0) is 26.1 Å². The predicted molar refractivity (Wildman–Crippen MR) is 109 cm³/mol. The molecule has 0 aliphatic carbocycles. The smallest absolute Gasteiger partial charge is 0.246 e. The summed E-state index contributed by atoms with van der Waals surface area (Å²) in [6.07, 6.45) is 0. The highest BCUT2D eigenvalue weighted by atomic mass is 32.2. The number of carbonyl (C=O) groups excluding carboxylic acids is 1. The Morgan fingerprint density at radius 1 is 1.20 bits per heavy atom. The first-order valence-electron chi connectivity index (χ1n) is 9.41. The largest absolute Gasteiger partial charge is 0.497 e. The van der Waals surface area contributed by atoms with Crippen molar-refractivity contribution in [3.63, 3.8) is 0 Å². The maximum absolute atomic E-state index is 13.1. The van der Waals surface area contributed by atoms with Crippen LogP contribution in [0.2, 0.25) is 0 Å². The standard InChI is InChI=1S/C19H26N4O6S/c1-13-19(30(25,26)22-7-9-29-10-8-22)14(2)23(21-13)12-18(24)20-16-6-5-15(27-3)11-17(16)28-4/h5-6,11H,7-10,12H2,1-4H3,(H,20,24). The number of carbonyl (C=O) groups is 1. The normalized spacial score (nSPS) is 15.1. The Morgan fingerprint density at radius 2 is 1.90 bits per heavy atom. The number of methoxy groups -OCH3 is 2. The minimum Gasteiger partial charge on any atom is -0.497 e. The molecule has 10 nitrogen and oxygen atoms in total. The van der Waals surface area contributed by atoms with Gasteiger partial charge in [-0.05, 0) is 26.0 Å². The highest BCUT2D eigenvalue weighted by Gasteiger charge is 2.32. The minimum atomic E-state index is -3.71. The molecule has 1 saturated heterocycles. The highest BCUT2D eigenvalue weighted by Crippen LogP contribution is 2.29. The summed E-state index contributed by atoms with van der Waals surface area (Å²) in [5.74, 6) is 0.687. The summed E-state index contributed by atoms with van der Waals surface area (Å²) in [6.45, 7) is 4.44. The topological polar surface area (TPSA) is 112 Å². The van der Waals surface area contributed by atoms with Crippen molar-refractivity contribution in [1.82, 2.24) is 14.1 Å². The fraction of sp³-hybridized carbons (Fsp3) is 0.474. The average molecular weight is 439 g/mol. The summed E-state index contributed by atoms with van der Waals surface area (Å²) >= 11 is 0. The molecule has 1 amide bonds. The molecular formula is C19H26N4O6S. The number of amides is 1. The molecule has 0 spiro atoms. The lowest BCUT2D eigenvalue weighted by atomic mass is 10.2. The van der Waals surface area contributed by atoms with Gasteiger partial charge in [-0.1, -0.05) is 0 Å². The monoisotopic (exact) mass is 438 g/mol. The molecule has 1 aliphatic heterocycles. The lowest BCUT2D eigenvalue weighted by molar-refractivity contribution is -0.117. The van der Waals surface area contributed by atoms with E-state index in [0.717, 1.165) is 0 Å². The van der Waals surface area contributed by atoms with Gasteiger partial charge in [-0.3, -0.25) is 9.48 Å². The third kappa shape index (κ3) is 4.42. The lowest BCUT2D eigenvalue weighted by Crippen LogP contribution is -2.41. The highest BCUT2D eigenvalue weighted by molar-refractivity contribution is 7.89. The van der Waals surface area contributed by atoms with Crippen LogP contribution in [0.25, 0.3) is 0 Å². The van der Waals surface area contributed by atoms with E-state index in [1.165, 1.54) is 16.1 Å². The minimum absolute atomic E-state index is 0.138. The summed E-state index contributed by atoms with van der Waals surface area (Å²) in [4.78, 5) is 12.7. The van der Waals surface area contributed by atoms with Gasteiger partial charge in [0.1, 0.15) is 22.9 Å². The third-order valence-corrected chi connectivity index (χ3v) is 7.01. The van der Waals surface area contributed by atoms with Crippen LogP contribution in [0.5, 0.6) is 11.5 Å². The van der Waals surface area contributed by atoms with Crippen molar-refractivity contribution in [1.29, 1.82) is 0 Å². The van der Waals surface area contributed by atoms with E-state index in [-0.39, 0.29) is 17.3 Å². The summed E-state index contributed by atoms with van der Waals surface area (Å²) in [5.41, 5.74) is 1.25. The zero-order valence-electron chi connectivity index (χ0n) is 17.5. The fourth-order valence-corrected chi connectivity index (χ4v) is 5.13. The number of nitrogens with one attached hydrogen (secondary N) is 1. The van der Waals surface area contributed by atoms with Crippen molar-refractivity contribution in [3.8, 4) is 11.5 Å². The number of nitrogens with zero attached hydrogens (tertiary/aromatic N) is 3. The van der Waals surface area contributed by atoms with Gasteiger partial charge in [0.2, 0.25) is 15.9 Å². The zero-order chi connectivity index (χ0) is 21.9. The average Bonchev–Trinajstić information content (AvgIpc) is 3.02. The van der Waals surface area contributed by atoms with Crippen molar-refractivity contribution in [2.75, 3.05) is 45.8 Å². The van der Waals surface area contributed by atoms with Gasteiger partial charge in [-0.25, -0.2) is 8.42 Å². The first kappa shape index (κ1) is 22.1. The summed E-state index contributed by atoms with van der Waals surface area (Å²) in [6, 6.07) is 5.03. The van der Waals surface area contributed by atoms with Crippen LogP contribution in [0.1, 0.15) is 11.4 Å². The first-order valence-corrected chi connectivity index (χ1v) is 10.9. The van der Waals surface area contributed by atoms with Crippen molar-refractivity contribution in [2.24, 2.45) is 0 Å². The Labute approximate surface area is 175 Å². The molecule has 164 valence electrons. The number of hydrogen-bond acceptors (Lipinski definition) is 7. The molecule has 1 aromatic heterocycles. The second-order valence-electron chi connectivity index (χ2n) is 6.79. The van der Waals surface area contributed by atoms with Crippen LogP contribution in [-0.4, -0.2) is 68.9 Å². The molecule has 0 atom stereocenters. The predicted octanol–water partition coefficient (Wildman–Crippen LogP) is 1.18. The van der Waals surface area contributed by atoms with Gasteiger partial charge in [-0.15, -0.1) is 0 Å². The summed E-state index contributed by atoms with van der Waals surface area (Å²) < 4.78 is 44.6. The number of anilines is 1. The molecule has 1 fully saturated rings. The van der Waals surface area contributed by atoms with Gasteiger partial charge < -0.3 is 19.5 Å². The van der Waals surface area contributed by atoms with E-state index in [2.05, 4.69) is 10.4 Å². The number of aromatic nitrogens is 2. The molecule has 11 heteroatoms. The van der Waals surface area contributed by atoms with Crippen molar-refractivity contribution in [3.05, 3.63) is 29.6 Å². The van der Waals surface area contributed by atoms with E-state index in [0.29, 0.717) is 54.9 Å². The molecule has 1 aromatic carbocycles. The molecule has 2 heterocycles. The van der Waals surface area contributed by atoms with Gasteiger partial charge in [-0.2, -0.15) is 9.40 Å². The molecule has 2 aromatic rings. The van der Waals surface area contributed by atoms with Crippen LogP contribution in [0.4, 0.5) is 5.69 Å². The summed E-state index contributed by atoms with van der Waals surface area (Å²) in [7, 11) is -0.677. The second-order valence-corrected chi connectivity index (χ2v) is 8.66. The Balaban J connectivity index is 1.80. The lowest BCUT2D eigenvalue weighted by Gasteiger charge is -2.26. The van der Waals surface area contributed by atoms with Gasteiger partial charge in [0.25, 0.3) is 0 Å². The molecule has 30 heavy (non-hydrogen) atoms. The van der Waals surface area contributed by atoms with Crippen LogP contribution in [0.3, 0.4) is 0 Å². The number of rotatable bonds is 7. The van der Waals surface area contributed by atoms with E-state index in [1.807, 2.05) is 0 Å². The molecule has 0 unspecified atom stereocenters. The van der Waals surface area contributed by atoms with Gasteiger partial charge in [0, 0.05) is 19.2 Å². The summed E-state index contributed by atoms with van der Waals surface area (Å²) in [5, 5.41) is 7.05. The Bertz CT molecular complexity index is 1030. The number of ether oxygens (including phenoxy) is 3. The van der Waals surface area contributed by atoms with Crippen LogP contribution < -0.4 is 14.8 Å². The van der Waals surface area contributed by atoms with Crippen molar-refractivity contribution >= 4 is 21.6 Å². The third-order valence-electron chi connectivity index (χ3n) is 4.86. The van der Waals surface area contributed by atoms with Gasteiger partial charge >= 0.3 is 0 Å². The van der Waals surface area contributed by atoms with E-state index in [4.69, 9.17) is 14.2 Å². The van der Waals surface area contributed by atoms with Crippen LogP contribution >= 0.6 is 0 Å². The number of morpholine rings is 1. The SMILES string of the molecule is COc1ccc(NC(=O)Cn2nc(C)c(S(=O)(=O)N3CCOCC3)c2C)c(OC)c1. The number of sulfonamides is 1. The molecule has 1 N–H and O–H groups in total. The van der Waals surface area contributed by atoms with Crippen molar-refractivity contribution in [2.45, 2.75) is 25.3 Å². The molecule has 1 aliphatic rings. The Kier molecular flexibility index (Phi) is 6.64. The van der Waals surface area contributed by atoms with Crippen LogP contribution in [0.15, 0.2) is 23.1 Å². The van der Waals surface area contributed by atoms with Gasteiger partial charge in [0.15, 0.2) is 0 Å². The second kappa shape index (κ2) is 9.02. The number of aryl methyl sites for hydroxylation is 1. The van der Waals surface area contributed by atoms with Crippen LogP contribution in [0, 0.1) is 13.8 Å². The van der Waals surface area contributed by atoms with Crippen molar-refractivity contribution < 1.29 is 27.4 Å².